The van der Waals surface area contributed by atoms with Crippen LogP contribution >= 0.6 is 0 Å². The Morgan fingerprint density at radius 3 is 2.25 bits per heavy atom. The molecule has 5 heteroatoms. The molecule has 114 valence electrons. The maximum Gasteiger partial charge on any atom is 0.416 e. The smallest absolute Gasteiger partial charge is 0.377 e. The Balaban J connectivity index is 3.25. The summed E-state index contributed by atoms with van der Waals surface area (Å²) in [4.78, 5) is 0. The van der Waals surface area contributed by atoms with Gasteiger partial charge in [0.2, 0.25) is 0 Å². The summed E-state index contributed by atoms with van der Waals surface area (Å²) in [6, 6.07) is 3.68. The number of hydrogen-bond acceptors (Lipinski definition) is 2. The predicted molar refractivity (Wildman–Crippen MR) is 73.7 cm³/mol. The second-order valence-electron chi connectivity index (χ2n) is 5.16. The van der Waals surface area contributed by atoms with Crippen LogP contribution in [0, 0.1) is 6.92 Å². The third-order valence-electron chi connectivity index (χ3n) is 3.98. The Kier molecular flexibility index (Phi) is 5.21. The minimum Gasteiger partial charge on any atom is -0.377 e. The summed E-state index contributed by atoms with van der Waals surface area (Å²) in [7, 11) is 3.40. The van der Waals surface area contributed by atoms with E-state index in [1.165, 1.54) is 12.1 Å². The largest absolute Gasteiger partial charge is 0.416 e. The van der Waals surface area contributed by atoms with Gasteiger partial charge in [-0.2, -0.15) is 13.2 Å². The summed E-state index contributed by atoms with van der Waals surface area (Å²) in [5.41, 5.74) is 0.339. The molecule has 1 rings (SSSR count). The van der Waals surface area contributed by atoms with Gasteiger partial charge < -0.3 is 10.1 Å². The zero-order valence-electron chi connectivity index (χ0n) is 12.6. The molecule has 20 heavy (non-hydrogen) atoms. The van der Waals surface area contributed by atoms with E-state index >= 15 is 0 Å². The summed E-state index contributed by atoms with van der Waals surface area (Å²) < 4.78 is 43.7. The fraction of sp³-hybridized carbons (Fsp3) is 0.600. The highest BCUT2D eigenvalue weighted by Crippen LogP contribution is 2.36. The van der Waals surface area contributed by atoms with E-state index in [1.54, 1.807) is 21.1 Å². The third-order valence-corrected chi connectivity index (χ3v) is 3.98. The molecule has 0 radical (unpaired) electrons. The minimum atomic E-state index is -4.31. The van der Waals surface area contributed by atoms with Crippen LogP contribution in [0.4, 0.5) is 13.2 Å². The summed E-state index contributed by atoms with van der Waals surface area (Å²) in [5.74, 6) is 0. The van der Waals surface area contributed by atoms with Gasteiger partial charge in [-0.1, -0.05) is 13.0 Å². The molecule has 2 nitrogen and oxygen atoms in total. The third kappa shape index (κ3) is 3.33. The molecule has 0 aliphatic carbocycles. The molecule has 0 amide bonds. The predicted octanol–water partition coefficient (Wildman–Crippen LogP) is 4.09. The van der Waals surface area contributed by atoms with E-state index in [9.17, 15) is 13.2 Å². The van der Waals surface area contributed by atoms with E-state index in [4.69, 9.17) is 4.74 Å². The van der Waals surface area contributed by atoms with Crippen LogP contribution in [0.25, 0.3) is 0 Å². The van der Waals surface area contributed by atoms with Crippen LogP contribution in [0.3, 0.4) is 0 Å². The number of alkyl halides is 3. The van der Waals surface area contributed by atoms with Crippen molar-refractivity contribution in [2.45, 2.75) is 45.0 Å². The number of ether oxygens (including phenoxy) is 1. The van der Waals surface area contributed by atoms with Crippen molar-refractivity contribution in [3.8, 4) is 0 Å². The monoisotopic (exact) mass is 289 g/mol. The molecule has 1 aromatic carbocycles. The van der Waals surface area contributed by atoms with Crippen molar-refractivity contribution in [2.24, 2.45) is 0 Å². The number of hydrogen-bond donors (Lipinski definition) is 1. The van der Waals surface area contributed by atoms with Crippen LogP contribution in [0.2, 0.25) is 0 Å². The lowest BCUT2D eigenvalue weighted by Gasteiger charge is -2.36. The average molecular weight is 289 g/mol. The van der Waals surface area contributed by atoms with E-state index < -0.39 is 17.3 Å². The van der Waals surface area contributed by atoms with Crippen molar-refractivity contribution in [3.63, 3.8) is 0 Å². The molecule has 2 atom stereocenters. The zero-order chi connectivity index (χ0) is 15.6. The number of likely N-dealkylation sites (N-methyl/N-ethyl adjacent to an activating group) is 1. The quantitative estimate of drug-likeness (QED) is 0.881. The molecule has 1 aromatic rings. The highest BCUT2D eigenvalue weighted by molar-refractivity contribution is 5.36. The number of methoxy groups -OCH3 is 1. The van der Waals surface area contributed by atoms with Crippen LogP contribution in [0.5, 0.6) is 0 Å². The Morgan fingerprint density at radius 2 is 1.90 bits per heavy atom. The number of halogens is 3. The maximum absolute atomic E-state index is 12.7. The van der Waals surface area contributed by atoms with Crippen molar-refractivity contribution in [1.29, 1.82) is 0 Å². The van der Waals surface area contributed by atoms with E-state index in [1.807, 2.05) is 13.8 Å². The van der Waals surface area contributed by atoms with Gasteiger partial charge in [-0.15, -0.1) is 0 Å². The van der Waals surface area contributed by atoms with Gasteiger partial charge in [-0.3, -0.25) is 0 Å². The Bertz CT molecular complexity index is 453. The number of aryl methyl sites for hydroxylation is 1. The topological polar surface area (TPSA) is 21.3 Å². The summed E-state index contributed by atoms with van der Waals surface area (Å²) in [6.45, 7) is 5.64. The lowest BCUT2D eigenvalue weighted by molar-refractivity contribution is -0.137. The standard InChI is InChI=1S/C15H22F3NO/c1-6-14(3,20-5)13(19-4)12-8-7-11(9-10(12)2)15(16,17)18/h7-9,13,19H,6H2,1-5H3. The molecular weight excluding hydrogens is 267 g/mol. The first-order valence-electron chi connectivity index (χ1n) is 6.59. The van der Waals surface area contributed by atoms with E-state index in [0.717, 1.165) is 18.1 Å². The minimum absolute atomic E-state index is 0.167. The number of nitrogens with one attached hydrogen (secondary N) is 1. The maximum atomic E-state index is 12.7. The van der Waals surface area contributed by atoms with Gasteiger partial charge >= 0.3 is 6.18 Å². The van der Waals surface area contributed by atoms with Crippen molar-refractivity contribution in [1.82, 2.24) is 5.32 Å². The van der Waals surface area contributed by atoms with Crippen molar-refractivity contribution in [3.05, 3.63) is 34.9 Å². The first kappa shape index (κ1) is 17.0. The van der Waals surface area contributed by atoms with Gasteiger partial charge in [0.15, 0.2) is 0 Å². The molecule has 0 heterocycles. The summed E-state index contributed by atoms with van der Waals surface area (Å²) >= 11 is 0. The summed E-state index contributed by atoms with van der Waals surface area (Å²) in [5, 5.41) is 3.15. The molecule has 2 unspecified atom stereocenters. The van der Waals surface area contributed by atoms with Gasteiger partial charge in [0.05, 0.1) is 17.2 Å². The van der Waals surface area contributed by atoms with Crippen LogP contribution in [0.15, 0.2) is 18.2 Å². The molecule has 0 saturated carbocycles. The number of benzene rings is 1. The highest BCUT2D eigenvalue weighted by Gasteiger charge is 2.35. The first-order valence-corrected chi connectivity index (χ1v) is 6.59. The van der Waals surface area contributed by atoms with Crippen molar-refractivity contribution < 1.29 is 17.9 Å². The molecule has 0 aliphatic heterocycles. The Morgan fingerprint density at radius 1 is 1.30 bits per heavy atom. The van der Waals surface area contributed by atoms with Crippen LogP contribution in [-0.4, -0.2) is 19.8 Å². The second kappa shape index (κ2) is 6.14. The molecule has 1 N–H and O–H groups in total. The lowest BCUT2D eigenvalue weighted by atomic mass is 9.85. The normalized spacial score (nSPS) is 16.8. The van der Waals surface area contributed by atoms with E-state index in [0.29, 0.717) is 5.56 Å². The fourth-order valence-electron chi connectivity index (χ4n) is 2.43. The lowest BCUT2D eigenvalue weighted by Crippen LogP contribution is -2.41. The molecule has 0 saturated heterocycles. The second-order valence-corrected chi connectivity index (χ2v) is 5.16. The Hall–Kier alpha value is -1.07. The molecule has 0 aromatic heterocycles. The van der Waals surface area contributed by atoms with E-state index in [2.05, 4.69) is 5.32 Å². The van der Waals surface area contributed by atoms with Gasteiger partial charge in [-0.25, -0.2) is 0 Å². The molecule has 0 fully saturated rings. The van der Waals surface area contributed by atoms with Gasteiger partial charge in [0.25, 0.3) is 0 Å². The highest BCUT2D eigenvalue weighted by atomic mass is 19.4. The van der Waals surface area contributed by atoms with Gasteiger partial charge in [-0.05, 0) is 50.6 Å². The van der Waals surface area contributed by atoms with E-state index in [-0.39, 0.29) is 6.04 Å². The zero-order valence-corrected chi connectivity index (χ0v) is 12.6. The van der Waals surface area contributed by atoms with Gasteiger partial charge in [0.1, 0.15) is 0 Å². The Labute approximate surface area is 118 Å². The first-order chi connectivity index (χ1) is 9.19. The van der Waals surface area contributed by atoms with Crippen molar-refractivity contribution in [2.75, 3.05) is 14.2 Å². The SMILES string of the molecule is CCC(C)(OC)C(NC)c1ccc(C(F)(F)F)cc1C. The van der Waals surface area contributed by atoms with Crippen LogP contribution < -0.4 is 5.32 Å². The molecule has 0 bridgehead atoms. The van der Waals surface area contributed by atoms with Crippen molar-refractivity contribution >= 4 is 0 Å². The molecule has 0 aliphatic rings. The van der Waals surface area contributed by atoms with Crippen LogP contribution in [0.1, 0.15) is 43.0 Å². The number of rotatable bonds is 5. The molecule has 0 spiro atoms. The summed E-state index contributed by atoms with van der Waals surface area (Å²) in [6.07, 6.45) is -3.57. The van der Waals surface area contributed by atoms with Gasteiger partial charge in [0, 0.05) is 7.11 Å². The fourth-order valence-corrected chi connectivity index (χ4v) is 2.43. The average Bonchev–Trinajstić information content (AvgIpc) is 2.39. The van der Waals surface area contributed by atoms with Crippen LogP contribution in [-0.2, 0) is 10.9 Å². The molecular formula is C15H22F3NO.